The van der Waals surface area contributed by atoms with Crippen molar-refractivity contribution in [1.82, 2.24) is 0 Å². The Balaban J connectivity index is 1.81. The average molecular weight is 178 g/mol. The Morgan fingerprint density at radius 2 is 2.00 bits per heavy atom. The molecular formula is C11H14O2. The number of rotatable bonds is 4. The van der Waals surface area contributed by atoms with Gasteiger partial charge in [-0.05, 0) is 19.1 Å². The first-order valence-electron chi connectivity index (χ1n) is 4.73. The molecule has 2 rings (SSSR count). The summed E-state index contributed by atoms with van der Waals surface area (Å²) in [6, 6.07) is 9.89. The molecule has 1 aromatic carbocycles. The minimum Gasteiger partial charge on any atom is -0.488 e. The van der Waals surface area contributed by atoms with E-state index in [0.29, 0.717) is 6.10 Å². The van der Waals surface area contributed by atoms with Crippen LogP contribution < -0.4 is 4.74 Å². The maximum atomic E-state index is 5.67. The highest BCUT2D eigenvalue weighted by molar-refractivity contribution is 5.22. The molecule has 1 aliphatic rings. The van der Waals surface area contributed by atoms with Gasteiger partial charge in [-0.25, -0.2) is 0 Å². The maximum absolute atomic E-state index is 5.67. The molecule has 0 N–H and O–H groups in total. The molecule has 0 radical (unpaired) electrons. The van der Waals surface area contributed by atoms with Crippen molar-refractivity contribution in [3.8, 4) is 5.75 Å². The zero-order chi connectivity index (χ0) is 9.10. The largest absolute Gasteiger partial charge is 0.488 e. The molecule has 1 aliphatic carbocycles. The van der Waals surface area contributed by atoms with E-state index in [9.17, 15) is 0 Å². The minimum absolute atomic E-state index is 0.280. The summed E-state index contributed by atoms with van der Waals surface area (Å²) in [5, 5.41) is 0. The summed E-state index contributed by atoms with van der Waals surface area (Å²) >= 11 is 0. The van der Waals surface area contributed by atoms with Gasteiger partial charge < -0.3 is 9.47 Å². The monoisotopic (exact) mass is 178 g/mol. The predicted octanol–water partition coefficient (Wildman–Crippen LogP) is 2.24. The van der Waals surface area contributed by atoms with Crippen LogP contribution >= 0.6 is 0 Å². The predicted molar refractivity (Wildman–Crippen MR) is 50.9 cm³/mol. The molecule has 0 unspecified atom stereocenters. The van der Waals surface area contributed by atoms with E-state index < -0.39 is 0 Å². The molecule has 1 fully saturated rings. The summed E-state index contributed by atoms with van der Waals surface area (Å²) in [5.74, 6) is 0.940. The number of para-hydroxylation sites is 1. The second-order valence-electron chi connectivity index (χ2n) is 3.20. The normalized spacial score (nSPS) is 25.6. The van der Waals surface area contributed by atoms with Crippen LogP contribution in [-0.2, 0) is 4.74 Å². The SMILES string of the molecule is CCO[C@H]1C[C@H]1Oc1ccccc1. The van der Waals surface area contributed by atoms with Crippen molar-refractivity contribution in [1.29, 1.82) is 0 Å². The Kier molecular flexibility index (Phi) is 2.50. The van der Waals surface area contributed by atoms with Gasteiger partial charge in [-0.1, -0.05) is 18.2 Å². The smallest absolute Gasteiger partial charge is 0.127 e. The van der Waals surface area contributed by atoms with Gasteiger partial charge in [0.15, 0.2) is 0 Å². The molecule has 0 heterocycles. The molecule has 0 bridgehead atoms. The molecular weight excluding hydrogens is 164 g/mol. The lowest BCUT2D eigenvalue weighted by Crippen LogP contribution is -2.06. The van der Waals surface area contributed by atoms with Crippen LogP contribution in [0, 0.1) is 0 Å². The van der Waals surface area contributed by atoms with Gasteiger partial charge in [0.2, 0.25) is 0 Å². The second kappa shape index (κ2) is 3.79. The van der Waals surface area contributed by atoms with Crippen LogP contribution in [0.15, 0.2) is 30.3 Å². The van der Waals surface area contributed by atoms with E-state index in [0.717, 1.165) is 18.8 Å². The van der Waals surface area contributed by atoms with E-state index in [1.165, 1.54) is 0 Å². The van der Waals surface area contributed by atoms with Crippen molar-refractivity contribution < 1.29 is 9.47 Å². The van der Waals surface area contributed by atoms with Gasteiger partial charge in [-0.3, -0.25) is 0 Å². The number of benzene rings is 1. The van der Waals surface area contributed by atoms with Crippen LogP contribution in [0.3, 0.4) is 0 Å². The first kappa shape index (κ1) is 8.57. The number of ether oxygens (including phenoxy) is 2. The third-order valence-corrected chi connectivity index (χ3v) is 2.09. The van der Waals surface area contributed by atoms with Gasteiger partial charge >= 0.3 is 0 Å². The van der Waals surface area contributed by atoms with Crippen molar-refractivity contribution in [3.05, 3.63) is 30.3 Å². The highest BCUT2D eigenvalue weighted by Crippen LogP contribution is 2.30. The third-order valence-electron chi connectivity index (χ3n) is 2.09. The summed E-state index contributed by atoms with van der Waals surface area (Å²) < 4.78 is 11.1. The van der Waals surface area contributed by atoms with E-state index in [2.05, 4.69) is 0 Å². The topological polar surface area (TPSA) is 18.5 Å². The zero-order valence-corrected chi connectivity index (χ0v) is 7.77. The highest BCUT2D eigenvalue weighted by atomic mass is 16.6. The Hall–Kier alpha value is -1.02. The lowest BCUT2D eigenvalue weighted by Gasteiger charge is -2.04. The van der Waals surface area contributed by atoms with Gasteiger partial charge in [-0.15, -0.1) is 0 Å². The van der Waals surface area contributed by atoms with E-state index in [4.69, 9.17) is 9.47 Å². The molecule has 13 heavy (non-hydrogen) atoms. The quantitative estimate of drug-likeness (QED) is 0.704. The second-order valence-corrected chi connectivity index (χ2v) is 3.20. The van der Waals surface area contributed by atoms with Gasteiger partial charge in [0.25, 0.3) is 0 Å². The summed E-state index contributed by atoms with van der Waals surface area (Å²) in [5.41, 5.74) is 0. The first-order chi connectivity index (χ1) is 6.40. The Morgan fingerprint density at radius 1 is 1.23 bits per heavy atom. The van der Waals surface area contributed by atoms with Crippen molar-refractivity contribution >= 4 is 0 Å². The molecule has 2 heteroatoms. The number of hydrogen-bond donors (Lipinski definition) is 0. The van der Waals surface area contributed by atoms with Crippen LogP contribution in [0.25, 0.3) is 0 Å². The standard InChI is InChI=1S/C11H14O2/c1-2-12-10-8-11(10)13-9-6-4-3-5-7-9/h3-7,10-11H,2,8H2,1H3/t10-,11+/m0/s1. The fraction of sp³-hybridized carbons (Fsp3) is 0.455. The summed E-state index contributed by atoms with van der Waals surface area (Å²) in [6.07, 6.45) is 1.63. The molecule has 0 spiro atoms. The Morgan fingerprint density at radius 3 is 2.69 bits per heavy atom. The third kappa shape index (κ3) is 2.22. The number of hydrogen-bond acceptors (Lipinski definition) is 2. The molecule has 2 atom stereocenters. The molecule has 70 valence electrons. The van der Waals surface area contributed by atoms with Gasteiger partial charge in [-0.2, -0.15) is 0 Å². The van der Waals surface area contributed by atoms with Crippen LogP contribution in [-0.4, -0.2) is 18.8 Å². The zero-order valence-electron chi connectivity index (χ0n) is 7.77. The van der Waals surface area contributed by atoms with Crippen LogP contribution in [0.2, 0.25) is 0 Å². The van der Waals surface area contributed by atoms with Crippen LogP contribution in [0.5, 0.6) is 5.75 Å². The maximum Gasteiger partial charge on any atom is 0.127 e. The fourth-order valence-electron chi connectivity index (χ4n) is 1.34. The van der Waals surface area contributed by atoms with Crippen molar-refractivity contribution in [2.24, 2.45) is 0 Å². The summed E-state index contributed by atoms with van der Waals surface area (Å²) in [4.78, 5) is 0. The molecule has 0 aromatic heterocycles. The Labute approximate surface area is 78.5 Å². The van der Waals surface area contributed by atoms with Crippen molar-refractivity contribution in [2.45, 2.75) is 25.6 Å². The van der Waals surface area contributed by atoms with Crippen molar-refractivity contribution in [3.63, 3.8) is 0 Å². The van der Waals surface area contributed by atoms with E-state index in [-0.39, 0.29) is 6.10 Å². The molecule has 2 nitrogen and oxygen atoms in total. The highest BCUT2D eigenvalue weighted by Gasteiger charge is 2.40. The summed E-state index contributed by atoms with van der Waals surface area (Å²) in [7, 11) is 0. The molecule has 1 aromatic rings. The minimum atomic E-state index is 0.280. The first-order valence-corrected chi connectivity index (χ1v) is 4.73. The molecule has 0 saturated heterocycles. The van der Waals surface area contributed by atoms with Crippen molar-refractivity contribution in [2.75, 3.05) is 6.61 Å². The van der Waals surface area contributed by atoms with Crippen LogP contribution in [0.4, 0.5) is 0 Å². The lowest BCUT2D eigenvalue weighted by molar-refractivity contribution is 0.0991. The molecule has 1 saturated carbocycles. The van der Waals surface area contributed by atoms with E-state index >= 15 is 0 Å². The Bertz CT molecular complexity index is 258. The molecule has 0 aliphatic heterocycles. The van der Waals surface area contributed by atoms with E-state index in [1.54, 1.807) is 0 Å². The van der Waals surface area contributed by atoms with Gasteiger partial charge in [0.1, 0.15) is 11.9 Å². The fourth-order valence-corrected chi connectivity index (χ4v) is 1.34. The average Bonchev–Trinajstić information content (AvgIpc) is 2.86. The molecule has 0 amide bonds. The van der Waals surface area contributed by atoms with Gasteiger partial charge in [0.05, 0.1) is 6.10 Å². The summed E-state index contributed by atoms with van der Waals surface area (Å²) in [6.45, 7) is 2.79. The lowest BCUT2D eigenvalue weighted by atomic mass is 10.3. The van der Waals surface area contributed by atoms with Gasteiger partial charge in [0, 0.05) is 13.0 Å². The van der Waals surface area contributed by atoms with E-state index in [1.807, 2.05) is 37.3 Å². The van der Waals surface area contributed by atoms with Crippen LogP contribution in [0.1, 0.15) is 13.3 Å².